The maximum atomic E-state index is 15.5. The summed E-state index contributed by atoms with van der Waals surface area (Å²) in [5, 5.41) is 6.13. The number of aromatic nitrogens is 2. The van der Waals surface area contributed by atoms with E-state index in [1.165, 1.54) is 25.1 Å². The summed E-state index contributed by atoms with van der Waals surface area (Å²) < 4.78 is 70.9. The van der Waals surface area contributed by atoms with E-state index in [1.54, 1.807) is 24.3 Å². The Labute approximate surface area is 198 Å². The van der Waals surface area contributed by atoms with Crippen LogP contribution in [0.15, 0.2) is 58.1 Å². The minimum Gasteiger partial charge on any atom is -0.368 e. The van der Waals surface area contributed by atoms with Crippen molar-refractivity contribution in [2.24, 2.45) is 4.40 Å². The first kappa shape index (κ1) is 25.2. The smallest absolute Gasteiger partial charge is 0.333 e. The number of halogens is 4. The number of hydrogen-bond acceptors (Lipinski definition) is 4. The van der Waals surface area contributed by atoms with Gasteiger partial charge in [-0.3, -0.25) is 4.79 Å². The zero-order valence-electron chi connectivity index (χ0n) is 17.9. The van der Waals surface area contributed by atoms with E-state index in [1.807, 2.05) is 0 Å². The lowest BCUT2D eigenvalue weighted by Crippen LogP contribution is -2.17. The number of benzene rings is 2. The topological polar surface area (TPSA) is 96.7 Å². The molecular formula is C21H19ClF3N5O3S. The molecule has 180 valence electrons. The summed E-state index contributed by atoms with van der Waals surface area (Å²) in [5.41, 5.74) is -0.265. The van der Waals surface area contributed by atoms with Crippen molar-refractivity contribution in [2.75, 3.05) is 19.4 Å². The molecule has 8 nitrogen and oxygen atoms in total. The zero-order chi connectivity index (χ0) is 25.0. The van der Waals surface area contributed by atoms with Crippen LogP contribution in [-0.4, -0.2) is 49.4 Å². The lowest BCUT2D eigenvalue weighted by molar-refractivity contribution is -0.115. The first-order chi connectivity index (χ1) is 16.0. The second kappa shape index (κ2) is 10.3. The number of nitrogens with one attached hydrogen (secondary N) is 1. The quantitative estimate of drug-likeness (QED) is 0.360. The molecule has 2 aromatic carbocycles. The van der Waals surface area contributed by atoms with Gasteiger partial charge in [-0.25, -0.2) is 9.07 Å². The van der Waals surface area contributed by atoms with Crippen molar-refractivity contribution in [1.82, 2.24) is 14.7 Å². The largest absolute Gasteiger partial charge is 0.368 e. The molecule has 0 spiro atoms. The summed E-state index contributed by atoms with van der Waals surface area (Å²) in [7, 11) is -1.63. The molecule has 0 saturated heterocycles. The summed E-state index contributed by atoms with van der Waals surface area (Å²) in [4.78, 5) is 12.9. The van der Waals surface area contributed by atoms with Crippen molar-refractivity contribution in [3.63, 3.8) is 0 Å². The molecule has 34 heavy (non-hydrogen) atoms. The molecule has 0 bridgehead atoms. The molecule has 0 aliphatic heterocycles. The van der Waals surface area contributed by atoms with E-state index in [-0.39, 0.29) is 17.5 Å². The number of alkyl halides is 2. The molecular weight excluding hydrogens is 495 g/mol. The molecule has 1 aromatic heterocycles. The van der Waals surface area contributed by atoms with Gasteiger partial charge >= 0.3 is 6.55 Å². The number of hydrogen-bond donors (Lipinski definition) is 1. The van der Waals surface area contributed by atoms with Gasteiger partial charge in [-0.15, -0.1) is 4.40 Å². The van der Waals surface area contributed by atoms with E-state index >= 15 is 4.39 Å². The fraction of sp³-hybridized carbons (Fsp3) is 0.190. The van der Waals surface area contributed by atoms with Crippen LogP contribution in [0.1, 0.15) is 12.1 Å². The first-order valence-electron chi connectivity index (χ1n) is 9.65. The first-order valence-corrected chi connectivity index (χ1v) is 11.5. The molecule has 0 aliphatic carbocycles. The molecule has 0 saturated carbocycles. The lowest BCUT2D eigenvalue weighted by Gasteiger charge is -2.13. The summed E-state index contributed by atoms with van der Waals surface area (Å²) in [6.45, 7) is -2.98. The molecule has 3 aromatic rings. The van der Waals surface area contributed by atoms with Crippen molar-refractivity contribution in [1.29, 1.82) is 0 Å². The van der Waals surface area contributed by atoms with Gasteiger partial charge in [-0.2, -0.15) is 22.3 Å². The zero-order valence-corrected chi connectivity index (χ0v) is 19.5. The van der Waals surface area contributed by atoms with E-state index in [9.17, 15) is 22.0 Å². The average Bonchev–Trinajstić information content (AvgIpc) is 3.26. The predicted molar refractivity (Wildman–Crippen MR) is 122 cm³/mol. The molecule has 3 rings (SSSR count). The fourth-order valence-corrected chi connectivity index (χ4v) is 4.36. The van der Waals surface area contributed by atoms with Crippen molar-refractivity contribution in [3.05, 3.63) is 65.2 Å². The second-order valence-electron chi connectivity index (χ2n) is 7.27. The van der Waals surface area contributed by atoms with Gasteiger partial charge < -0.3 is 10.2 Å². The van der Waals surface area contributed by atoms with Crippen LogP contribution in [-0.2, 0) is 21.2 Å². The summed E-state index contributed by atoms with van der Waals surface area (Å²) in [6, 6.07) is 8.88. The van der Waals surface area contributed by atoms with Crippen molar-refractivity contribution in [3.8, 4) is 11.1 Å². The standard InChI is InChI=1S/C21H19ClF3N5O3S/c1-29(2)12-27-34(32,33)20-15(14-10-26-30(11-14)21(24)25)7-8-17(19(20)23)28-18(31)9-13-5-3-4-6-16(13)22/h3-8,10-12,21H,9H2,1-2H3,(H,28,31). The van der Waals surface area contributed by atoms with Crippen LogP contribution < -0.4 is 5.32 Å². The maximum Gasteiger partial charge on any atom is 0.333 e. The van der Waals surface area contributed by atoms with E-state index in [0.29, 0.717) is 15.3 Å². The second-order valence-corrected chi connectivity index (χ2v) is 9.24. The Morgan fingerprint density at radius 3 is 2.59 bits per heavy atom. The van der Waals surface area contributed by atoms with Crippen molar-refractivity contribution >= 4 is 39.6 Å². The monoisotopic (exact) mass is 513 g/mol. The number of anilines is 1. The fourth-order valence-electron chi connectivity index (χ4n) is 2.93. The predicted octanol–water partition coefficient (Wildman–Crippen LogP) is 4.20. The Kier molecular flexibility index (Phi) is 7.62. The lowest BCUT2D eigenvalue weighted by atomic mass is 10.1. The SMILES string of the molecule is CN(C)C=NS(=O)(=O)c1c(-c2cnn(C(F)F)c2)ccc(NC(=O)Cc2ccccc2Cl)c1F. The maximum absolute atomic E-state index is 15.5. The van der Waals surface area contributed by atoms with Gasteiger partial charge in [0.05, 0.1) is 18.3 Å². The Hall–Kier alpha value is -3.38. The van der Waals surface area contributed by atoms with Crippen molar-refractivity contribution in [2.45, 2.75) is 17.9 Å². The summed E-state index contributed by atoms with van der Waals surface area (Å²) >= 11 is 6.05. The van der Waals surface area contributed by atoms with Gasteiger partial charge in [0.1, 0.15) is 11.2 Å². The molecule has 0 fully saturated rings. The number of rotatable bonds is 8. The molecule has 0 aliphatic rings. The van der Waals surface area contributed by atoms with Gasteiger partial charge in [0, 0.05) is 36.4 Å². The normalized spacial score (nSPS) is 11.9. The van der Waals surface area contributed by atoms with Gasteiger partial charge in [-0.05, 0) is 17.7 Å². The van der Waals surface area contributed by atoms with Gasteiger partial charge in [0.15, 0.2) is 5.82 Å². The third-order valence-electron chi connectivity index (χ3n) is 4.47. The van der Waals surface area contributed by atoms with Crippen LogP contribution in [0.5, 0.6) is 0 Å². The Balaban J connectivity index is 2.06. The number of amides is 1. The Morgan fingerprint density at radius 1 is 1.26 bits per heavy atom. The van der Waals surface area contributed by atoms with Gasteiger partial charge in [-0.1, -0.05) is 35.9 Å². The molecule has 0 unspecified atom stereocenters. The minimum absolute atomic E-state index is 0.0771. The number of sulfonamides is 1. The summed E-state index contributed by atoms with van der Waals surface area (Å²) in [5.74, 6) is -1.95. The third kappa shape index (κ3) is 5.75. The number of carbonyl (C=O) groups is 1. The minimum atomic E-state index is -4.64. The highest BCUT2D eigenvalue weighted by Crippen LogP contribution is 2.35. The van der Waals surface area contributed by atoms with Crippen LogP contribution >= 0.6 is 11.6 Å². The van der Waals surface area contributed by atoms with Gasteiger partial charge in [0.2, 0.25) is 5.91 Å². The van der Waals surface area contributed by atoms with Gasteiger partial charge in [0.25, 0.3) is 10.0 Å². The highest BCUT2D eigenvalue weighted by Gasteiger charge is 2.28. The van der Waals surface area contributed by atoms with Crippen molar-refractivity contribution < 1.29 is 26.4 Å². The van der Waals surface area contributed by atoms with E-state index in [4.69, 9.17) is 11.6 Å². The third-order valence-corrected chi connectivity index (χ3v) is 6.12. The summed E-state index contributed by atoms with van der Waals surface area (Å²) in [6.07, 6.45) is 2.61. The molecule has 0 atom stereocenters. The number of carbonyl (C=O) groups excluding carboxylic acids is 1. The molecule has 1 heterocycles. The molecule has 1 amide bonds. The van der Waals surface area contributed by atoms with Crippen LogP contribution in [0.25, 0.3) is 11.1 Å². The Bertz CT molecular complexity index is 1340. The van der Waals surface area contributed by atoms with Crippen LogP contribution in [0.3, 0.4) is 0 Å². The molecule has 0 radical (unpaired) electrons. The highest BCUT2D eigenvalue weighted by atomic mass is 35.5. The number of nitrogens with zero attached hydrogens (tertiary/aromatic N) is 4. The van der Waals surface area contributed by atoms with E-state index in [2.05, 4.69) is 14.8 Å². The van der Waals surface area contributed by atoms with Crippen LogP contribution in [0.4, 0.5) is 18.9 Å². The molecule has 1 N–H and O–H groups in total. The van der Waals surface area contributed by atoms with Crippen LogP contribution in [0.2, 0.25) is 5.02 Å². The molecule has 13 heteroatoms. The van der Waals surface area contributed by atoms with E-state index in [0.717, 1.165) is 24.8 Å². The van der Waals surface area contributed by atoms with Crippen LogP contribution in [0, 0.1) is 5.82 Å². The average molecular weight is 514 g/mol. The highest BCUT2D eigenvalue weighted by molar-refractivity contribution is 7.90. The van der Waals surface area contributed by atoms with E-state index < -0.39 is 38.9 Å². The Morgan fingerprint density at radius 2 is 1.97 bits per heavy atom.